The lowest BCUT2D eigenvalue weighted by molar-refractivity contribution is 0.291. The molecule has 5 nitrogen and oxygen atoms in total. The zero-order valence-electron chi connectivity index (χ0n) is 12.5. The maximum absolute atomic E-state index is 11.0. The lowest BCUT2D eigenvalue weighted by Crippen LogP contribution is -2.07. The molecule has 0 fully saturated rings. The number of aromatic hydroxyl groups is 1. The third-order valence-corrected chi connectivity index (χ3v) is 3.98. The van der Waals surface area contributed by atoms with Crippen molar-refractivity contribution in [2.24, 2.45) is 5.18 Å². The van der Waals surface area contributed by atoms with Crippen LogP contribution in [0.5, 0.6) is 11.6 Å². The third kappa shape index (κ3) is 2.87. The van der Waals surface area contributed by atoms with Crippen molar-refractivity contribution in [2.45, 2.75) is 13.5 Å². The molecule has 0 atom stereocenters. The molecule has 2 aromatic carbocycles. The molecule has 0 aliphatic heterocycles. The smallest absolute Gasteiger partial charge is 0.222 e. The van der Waals surface area contributed by atoms with Gasteiger partial charge in [-0.3, -0.25) is 0 Å². The first-order chi connectivity index (χ1) is 11.1. The Labute approximate surface area is 138 Å². The van der Waals surface area contributed by atoms with Gasteiger partial charge in [-0.15, -0.1) is 4.91 Å². The van der Waals surface area contributed by atoms with E-state index in [2.05, 4.69) is 5.18 Å². The zero-order valence-corrected chi connectivity index (χ0v) is 13.2. The van der Waals surface area contributed by atoms with Crippen LogP contribution >= 0.6 is 11.6 Å². The summed E-state index contributed by atoms with van der Waals surface area (Å²) < 4.78 is 7.25. The SMILES string of the molecule is Cc1ccc2c(c1)c(N=O)c(O)n2CCOc1ccccc1Cl. The number of aryl methyl sites for hydroxylation is 1. The van der Waals surface area contributed by atoms with Gasteiger partial charge < -0.3 is 14.4 Å². The Morgan fingerprint density at radius 1 is 1.26 bits per heavy atom. The number of hydrogen-bond acceptors (Lipinski definition) is 4. The molecule has 0 aliphatic carbocycles. The number of nitroso groups, excluding NO2 is 1. The van der Waals surface area contributed by atoms with Crippen LogP contribution in [-0.2, 0) is 6.54 Å². The van der Waals surface area contributed by atoms with Crippen LogP contribution in [0.1, 0.15) is 5.56 Å². The molecule has 0 amide bonds. The van der Waals surface area contributed by atoms with Gasteiger partial charge in [0.25, 0.3) is 0 Å². The fraction of sp³-hybridized carbons (Fsp3) is 0.176. The number of ether oxygens (including phenoxy) is 1. The molecule has 0 saturated heterocycles. The van der Waals surface area contributed by atoms with E-state index in [-0.39, 0.29) is 11.6 Å². The molecule has 1 N–H and O–H groups in total. The minimum absolute atomic E-state index is 0.0569. The first kappa shape index (κ1) is 15.4. The van der Waals surface area contributed by atoms with E-state index in [1.165, 1.54) is 0 Å². The van der Waals surface area contributed by atoms with Crippen LogP contribution in [0, 0.1) is 11.8 Å². The van der Waals surface area contributed by atoms with Crippen molar-refractivity contribution in [2.75, 3.05) is 6.61 Å². The summed E-state index contributed by atoms with van der Waals surface area (Å²) in [4.78, 5) is 11.0. The van der Waals surface area contributed by atoms with Crippen molar-refractivity contribution in [3.05, 3.63) is 58.0 Å². The largest absolute Gasteiger partial charge is 0.493 e. The van der Waals surface area contributed by atoms with Crippen molar-refractivity contribution in [3.8, 4) is 11.6 Å². The first-order valence-electron chi connectivity index (χ1n) is 7.14. The summed E-state index contributed by atoms with van der Waals surface area (Å²) in [6.07, 6.45) is 0. The van der Waals surface area contributed by atoms with E-state index in [1.54, 1.807) is 16.7 Å². The summed E-state index contributed by atoms with van der Waals surface area (Å²) in [5.41, 5.74) is 1.79. The van der Waals surface area contributed by atoms with E-state index in [0.29, 0.717) is 29.3 Å². The van der Waals surface area contributed by atoms with Crippen molar-refractivity contribution in [1.82, 2.24) is 4.57 Å². The predicted molar refractivity (Wildman–Crippen MR) is 90.7 cm³/mol. The quantitative estimate of drug-likeness (QED) is 0.684. The topological polar surface area (TPSA) is 63.8 Å². The molecule has 6 heteroatoms. The molecule has 0 radical (unpaired) electrons. The van der Waals surface area contributed by atoms with E-state index in [1.807, 2.05) is 37.3 Å². The number of rotatable bonds is 5. The molecule has 0 saturated carbocycles. The highest BCUT2D eigenvalue weighted by molar-refractivity contribution is 6.32. The molecule has 3 aromatic rings. The van der Waals surface area contributed by atoms with Gasteiger partial charge in [0.15, 0.2) is 5.69 Å². The Bertz CT molecular complexity index is 874. The normalized spacial score (nSPS) is 10.9. The van der Waals surface area contributed by atoms with Crippen molar-refractivity contribution >= 4 is 28.2 Å². The monoisotopic (exact) mass is 330 g/mol. The molecule has 118 valence electrons. The average Bonchev–Trinajstić information content (AvgIpc) is 2.80. The molecule has 0 unspecified atom stereocenters. The van der Waals surface area contributed by atoms with E-state index < -0.39 is 0 Å². The number of nitrogens with zero attached hydrogens (tertiary/aromatic N) is 2. The molecule has 0 spiro atoms. The van der Waals surface area contributed by atoms with Crippen LogP contribution in [0.4, 0.5) is 5.69 Å². The number of fused-ring (bicyclic) bond motifs is 1. The summed E-state index contributed by atoms with van der Waals surface area (Å²) in [7, 11) is 0. The Hall–Kier alpha value is -2.53. The number of hydrogen-bond donors (Lipinski definition) is 1. The molecule has 3 rings (SSSR count). The summed E-state index contributed by atoms with van der Waals surface area (Å²) in [5.74, 6) is 0.429. The van der Waals surface area contributed by atoms with Gasteiger partial charge in [0.2, 0.25) is 5.88 Å². The van der Waals surface area contributed by atoms with Crippen LogP contribution in [-0.4, -0.2) is 16.3 Å². The Balaban J connectivity index is 1.87. The summed E-state index contributed by atoms with van der Waals surface area (Å²) >= 11 is 6.04. The van der Waals surface area contributed by atoms with E-state index in [0.717, 1.165) is 11.1 Å². The maximum atomic E-state index is 11.0. The number of benzene rings is 2. The van der Waals surface area contributed by atoms with Crippen molar-refractivity contribution in [1.29, 1.82) is 0 Å². The van der Waals surface area contributed by atoms with E-state index in [4.69, 9.17) is 16.3 Å². The van der Waals surface area contributed by atoms with E-state index >= 15 is 0 Å². The van der Waals surface area contributed by atoms with Gasteiger partial charge in [-0.2, -0.15) is 0 Å². The molecular weight excluding hydrogens is 316 g/mol. The second-order valence-electron chi connectivity index (χ2n) is 5.21. The second kappa shape index (κ2) is 6.30. The first-order valence-corrected chi connectivity index (χ1v) is 7.52. The minimum atomic E-state index is -0.150. The Morgan fingerprint density at radius 2 is 2.04 bits per heavy atom. The van der Waals surface area contributed by atoms with Gasteiger partial charge in [-0.05, 0) is 36.4 Å². The molecular formula is C17H15ClN2O3. The number of halogens is 1. The van der Waals surface area contributed by atoms with Gasteiger partial charge in [0, 0.05) is 5.39 Å². The molecule has 23 heavy (non-hydrogen) atoms. The van der Waals surface area contributed by atoms with Gasteiger partial charge in [-0.25, -0.2) is 0 Å². The van der Waals surface area contributed by atoms with Gasteiger partial charge in [0.1, 0.15) is 12.4 Å². The third-order valence-electron chi connectivity index (χ3n) is 3.67. The summed E-state index contributed by atoms with van der Waals surface area (Å²) in [6, 6.07) is 12.8. The molecule has 0 aliphatic rings. The molecule has 1 aromatic heterocycles. The lowest BCUT2D eigenvalue weighted by atomic mass is 10.1. The molecule has 1 heterocycles. The summed E-state index contributed by atoms with van der Waals surface area (Å²) in [6.45, 7) is 2.59. The molecule has 0 bridgehead atoms. The van der Waals surface area contributed by atoms with E-state index in [9.17, 15) is 10.0 Å². The minimum Gasteiger partial charge on any atom is -0.493 e. The van der Waals surface area contributed by atoms with Crippen LogP contribution in [0.15, 0.2) is 47.6 Å². The van der Waals surface area contributed by atoms with Crippen molar-refractivity contribution < 1.29 is 9.84 Å². The highest BCUT2D eigenvalue weighted by atomic mass is 35.5. The van der Waals surface area contributed by atoms with Gasteiger partial charge >= 0.3 is 0 Å². The highest BCUT2D eigenvalue weighted by Gasteiger charge is 2.17. The highest BCUT2D eigenvalue weighted by Crippen LogP contribution is 2.38. The van der Waals surface area contributed by atoms with Gasteiger partial charge in [0.05, 0.1) is 17.1 Å². The zero-order chi connectivity index (χ0) is 16.4. The fourth-order valence-electron chi connectivity index (χ4n) is 2.56. The lowest BCUT2D eigenvalue weighted by Gasteiger charge is -2.10. The maximum Gasteiger partial charge on any atom is 0.222 e. The van der Waals surface area contributed by atoms with Crippen LogP contribution < -0.4 is 4.74 Å². The van der Waals surface area contributed by atoms with Crippen LogP contribution in [0.2, 0.25) is 5.02 Å². The van der Waals surface area contributed by atoms with Crippen molar-refractivity contribution in [3.63, 3.8) is 0 Å². The summed E-state index contributed by atoms with van der Waals surface area (Å²) in [5, 5.41) is 14.4. The number of aromatic nitrogens is 1. The fourth-order valence-corrected chi connectivity index (χ4v) is 2.75. The van der Waals surface area contributed by atoms with Crippen LogP contribution in [0.25, 0.3) is 10.9 Å². The standard InChI is InChI=1S/C17H15ClN2O3/c1-11-6-7-14-12(10-11)16(19-22)17(21)20(14)8-9-23-15-5-3-2-4-13(15)18/h2-7,10,21H,8-9H2,1H3. The van der Waals surface area contributed by atoms with Gasteiger partial charge in [-0.1, -0.05) is 35.4 Å². The Morgan fingerprint density at radius 3 is 2.78 bits per heavy atom. The second-order valence-corrected chi connectivity index (χ2v) is 5.62. The van der Waals surface area contributed by atoms with Crippen LogP contribution in [0.3, 0.4) is 0 Å². The Kier molecular flexibility index (Phi) is 4.21. The number of para-hydroxylation sites is 1. The predicted octanol–water partition coefficient (Wildman–Crippen LogP) is 4.79. The average molecular weight is 331 g/mol.